The van der Waals surface area contributed by atoms with E-state index in [1.807, 2.05) is 0 Å². The van der Waals surface area contributed by atoms with E-state index in [4.69, 9.17) is 5.73 Å². The fraction of sp³-hybridized carbons (Fsp3) is 1.00. The fourth-order valence-corrected chi connectivity index (χ4v) is 3.31. The molecule has 2 saturated carbocycles. The van der Waals surface area contributed by atoms with Crippen LogP contribution >= 0.6 is 0 Å². The minimum Gasteiger partial charge on any atom is -0.329 e. The third-order valence-electron chi connectivity index (χ3n) is 4.78. The van der Waals surface area contributed by atoms with Gasteiger partial charge in [0.1, 0.15) is 0 Å². The normalized spacial score (nSPS) is 37.2. The molecule has 0 aromatic heterocycles. The molecule has 2 rings (SSSR count). The van der Waals surface area contributed by atoms with Gasteiger partial charge in [-0.05, 0) is 51.0 Å². The lowest BCUT2D eigenvalue weighted by atomic mass is 9.83. The first-order valence-electron chi connectivity index (χ1n) is 6.57. The molecule has 0 aromatic carbocycles. The van der Waals surface area contributed by atoms with Crippen LogP contribution in [0.5, 0.6) is 0 Å². The van der Waals surface area contributed by atoms with Crippen molar-refractivity contribution in [3.8, 4) is 0 Å². The van der Waals surface area contributed by atoms with E-state index in [0.717, 1.165) is 18.4 Å². The lowest BCUT2D eigenvalue weighted by molar-refractivity contribution is 0.0866. The van der Waals surface area contributed by atoms with Gasteiger partial charge in [-0.1, -0.05) is 13.3 Å². The molecule has 0 heterocycles. The maximum Gasteiger partial charge on any atom is 0.0331 e. The molecule has 2 unspecified atom stereocenters. The standard InChI is InChI=1S/C13H26N2/c1-11-6-7-13(8-11,10-14)15(2)9-12-4-3-5-12/h11-12H,3-10,14H2,1-2H3. The van der Waals surface area contributed by atoms with Crippen molar-refractivity contribution in [2.75, 3.05) is 20.1 Å². The minimum atomic E-state index is 0.342. The van der Waals surface area contributed by atoms with Crippen LogP contribution in [0.2, 0.25) is 0 Å². The molecule has 2 heteroatoms. The average molecular weight is 210 g/mol. The van der Waals surface area contributed by atoms with Crippen LogP contribution in [0.4, 0.5) is 0 Å². The van der Waals surface area contributed by atoms with Gasteiger partial charge in [-0.15, -0.1) is 0 Å². The topological polar surface area (TPSA) is 29.3 Å². The van der Waals surface area contributed by atoms with Gasteiger partial charge in [0.05, 0.1) is 0 Å². The second kappa shape index (κ2) is 4.42. The molecule has 2 fully saturated rings. The summed E-state index contributed by atoms with van der Waals surface area (Å²) in [7, 11) is 2.29. The Bertz CT molecular complexity index is 213. The summed E-state index contributed by atoms with van der Waals surface area (Å²) in [6.45, 7) is 4.50. The SMILES string of the molecule is CC1CCC(CN)(N(C)CC2CCC2)C1. The van der Waals surface area contributed by atoms with Gasteiger partial charge < -0.3 is 5.73 Å². The van der Waals surface area contributed by atoms with Gasteiger partial charge in [0.25, 0.3) is 0 Å². The summed E-state index contributed by atoms with van der Waals surface area (Å²) in [5.74, 6) is 1.84. The van der Waals surface area contributed by atoms with E-state index in [1.165, 1.54) is 45.1 Å². The predicted molar refractivity (Wildman–Crippen MR) is 64.8 cm³/mol. The molecule has 0 spiro atoms. The van der Waals surface area contributed by atoms with Crippen molar-refractivity contribution < 1.29 is 0 Å². The van der Waals surface area contributed by atoms with Crippen molar-refractivity contribution in [3.05, 3.63) is 0 Å². The molecule has 2 aliphatic carbocycles. The smallest absolute Gasteiger partial charge is 0.0331 e. The summed E-state index contributed by atoms with van der Waals surface area (Å²) in [4.78, 5) is 2.58. The molecule has 0 radical (unpaired) electrons. The van der Waals surface area contributed by atoms with Gasteiger partial charge in [-0.2, -0.15) is 0 Å². The van der Waals surface area contributed by atoms with Crippen LogP contribution in [-0.4, -0.2) is 30.6 Å². The third kappa shape index (κ3) is 2.21. The molecule has 2 aliphatic rings. The number of nitrogens with zero attached hydrogens (tertiary/aromatic N) is 1. The zero-order valence-corrected chi connectivity index (χ0v) is 10.3. The van der Waals surface area contributed by atoms with E-state index in [-0.39, 0.29) is 0 Å². The Balaban J connectivity index is 1.92. The Hall–Kier alpha value is -0.0800. The van der Waals surface area contributed by atoms with Crippen molar-refractivity contribution in [1.82, 2.24) is 4.90 Å². The second-order valence-corrected chi connectivity index (χ2v) is 5.95. The van der Waals surface area contributed by atoms with Crippen molar-refractivity contribution in [1.29, 1.82) is 0 Å². The van der Waals surface area contributed by atoms with E-state index >= 15 is 0 Å². The van der Waals surface area contributed by atoms with Crippen LogP contribution in [0.3, 0.4) is 0 Å². The Kier molecular flexibility index (Phi) is 3.36. The lowest BCUT2D eigenvalue weighted by Crippen LogP contribution is -2.52. The lowest BCUT2D eigenvalue weighted by Gasteiger charge is -2.42. The van der Waals surface area contributed by atoms with E-state index < -0.39 is 0 Å². The molecule has 0 amide bonds. The van der Waals surface area contributed by atoms with E-state index in [2.05, 4.69) is 18.9 Å². The number of hydrogen-bond acceptors (Lipinski definition) is 2. The monoisotopic (exact) mass is 210 g/mol. The summed E-state index contributed by atoms with van der Waals surface area (Å²) in [5.41, 5.74) is 6.37. The van der Waals surface area contributed by atoms with Crippen molar-refractivity contribution >= 4 is 0 Å². The highest BCUT2D eigenvalue weighted by atomic mass is 15.2. The molecule has 0 bridgehead atoms. The van der Waals surface area contributed by atoms with Crippen molar-refractivity contribution in [2.45, 2.75) is 51.0 Å². The molecular formula is C13H26N2. The van der Waals surface area contributed by atoms with Gasteiger partial charge in [-0.25, -0.2) is 0 Å². The van der Waals surface area contributed by atoms with Gasteiger partial charge in [-0.3, -0.25) is 4.90 Å². The van der Waals surface area contributed by atoms with Crippen molar-refractivity contribution in [3.63, 3.8) is 0 Å². The second-order valence-electron chi connectivity index (χ2n) is 5.95. The molecule has 2 N–H and O–H groups in total. The minimum absolute atomic E-state index is 0.342. The molecule has 0 aromatic rings. The number of hydrogen-bond donors (Lipinski definition) is 1. The van der Waals surface area contributed by atoms with E-state index in [9.17, 15) is 0 Å². The van der Waals surface area contributed by atoms with Crippen LogP contribution in [0.1, 0.15) is 45.4 Å². The van der Waals surface area contributed by atoms with Gasteiger partial charge in [0, 0.05) is 18.6 Å². The number of nitrogens with two attached hydrogens (primary N) is 1. The third-order valence-corrected chi connectivity index (χ3v) is 4.78. The molecule has 15 heavy (non-hydrogen) atoms. The molecule has 2 atom stereocenters. The summed E-state index contributed by atoms with van der Waals surface area (Å²) in [6, 6.07) is 0. The van der Waals surface area contributed by atoms with Crippen LogP contribution < -0.4 is 5.73 Å². The molecule has 88 valence electrons. The first-order valence-corrected chi connectivity index (χ1v) is 6.57. The summed E-state index contributed by atoms with van der Waals surface area (Å²) < 4.78 is 0. The molecule has 2 nitrogen and oxygen atoms in total. The first-order chi connectivity index (χ1) is 7.16. The highest BCUT2D eigenvalue weighted by molar-refractivity contribution is 4.97. The maximum atomic E-state index is 6.03. The van der Waals surface area contributed by atoms with E-state index in [0.29, 0.717) is 5.54 Å². The first kappa shape index (κ1) is 11.4. The molecule has 0 aliphatic heterocycles. The van der Waals surface area contributed by atoms with Crippen molar-refractivity contribution in [2.24, 2.45) is 17.6 Å². The number of rotatable bonds is 4. The van der Waals surface area contributed by atoms with Crippen LogP contribution in [0, 0.1) is 11.8 Å². The Morgan fingerprint density at radius 2 is 2.07 bits per heavy atom. The van der Waals surface area contributed by atoms with Gasteiger partial charge in [0.15, 0.2) is 0 Å². The highest BCUT2D eigenvalue weighted by Gasteiger charge is 2.40. The summed E-state index contributed by atoms with van der Waals surface area (Å²) >= 11 is 0. The Morgan fingerprint density at radius 1 is 1.33 bits per heavy atom. The molecular weight excluding hydrogens is 184 g/mol. The number of likely N-dealkylation sites (N-methyl/N-ethyl adjacent to an activating group) is 1. The summed E-state index contributed by atoms with van der Waals surface area (Å²) in [5, 5.41) is 0. The maximum absolute atomic E-state index is 6.03. The Labute approximate surface area is 94.2 Å². The van der Waals surface area contributed by atoms with Crippen LogP contribution in [0.15, 0.2) is 0 Å². The highest BCUT2D eigenvalue weighted by Crippen LogP contribution is 2.39. The average Bonchev–Trinajstić information content (AvgIpc) is 2.55. The fourth-order valence-electron chi connectivity index (χ4n) is 3.31. The zero-order chi connectivity index (χ0) is 10.9. The van der Waals surface area contributed by atoms with Crippen LogP contribution in [0.25, 0.3) is 0 Å². The summed E-state index contributed by atoms with van der Waals surface area (Å²) in [6.07, 6.45) is 8.33. The quantitative estimate of drug-likeness (QED) is 0.771. The predicted octanol–water partition coefficient (Wildman–Crippen LogP) is 2.24. The van der Waals surface area contributed by atoms with E-state index in [1.54, 1.807) is 0 Å². The molecule has 0 saturated heterocycles. The zero-order valence-electron chi connectivity index (χ0n) is 10.3. The Morgan fingerprint density at radius 3 is 2.47 bits per heavy atom. The largest absolute Gasteiger partial charge is 0.329 e. The van der Waals surface area contributed by atoms with Gasteiger partial charge in [0.2, 0.25) is 0 Å². The van der Waals surface area contributed by atoms with Crippen LogP contribution in [-0.2, 0) is 0 Å². The van der Waals surface area contributed by atoms with Gasteiger partial charge >= 0.3 is 0 Å².